The summed E-state index contributed by atoms with van der Waals surface area (Å²) in [4.78, 5) is 28.0. The SMILES string of the molecule is C=CC(=O)N1CCC(C(=O)N2CCOC(c3ccc(F)c(Cl)c3)C2)CC1. The van der Waals surface area contributed by atoms with Crippen LogP contribution in [0.2, 0.25) is 5.02 Å². The summed E-state index contributed by atoms with van der Waals surface area (Å²) in [6.45, 7) is 6.03. The van der Waals surface area contributed by atoms with Crippen LogP contribution in [0.15, 0.2) is 30.9 Å². The predicted molar refractivity (Wildman–Crippen MR) is 96.2 cm³/mol. The molecule has 0 N–H and O–H groups in total. The number of hydrogen-bond acceptors (Lipinski definition) is 3. The normalized spacial score (nSPS) is 21.5. The van der Waals surface area contributed by atoms with E-state index >= 15 is 0 Å². The summed E-state index contributed by atoms with van der Waals surface area (Å²) in [5.74, 6) is -0.549. The summed E-state index contributed by atoms with van der Waals surface area (Å²) >= 11 is 5.85. The maximum absolute atomic E-state index is 13.4. The lowest BCUT2D eigenvalue weighted by Crippen LogP contribution is -2.48. The average Bonchev–Trinajstić information content (AvgIpc) is 2.69. The first-order chi connectivity index (χ1) is 12.5. The van der Waals surface area contributed by atoms with Crippen molar-refractivity contribution >= 4 is 23.4 Å². The van der Waals surface area contributed by atoms with Crippen LogP contribution < -0.4 is 0 Å². The number of piperidine rings is 1. The molecule has 0 radical (unpaired) electrons. The highest BCUT2D eigenvalue weighted by atomic mass is 35.5. The van der Waals surface area contributed by atoms with Crippen LogP contribution in [0.5, 0.6) is 0 Å². The van der Waals surface area contributed by atoms with Gasteiger partial charge in [-0.15, -0.1) is 0 Å². The lowest BCUT2D eigenvalue weighted by atomic mass is 9.94. The van der Waals surface area contributed by atoms with Crippen molar-refractivity contribution in [3.8, 4) is 0 Å². The monoisotopic (exact) mass is 380 g/mol. The zero-order valence-corrected chi connectivity index (χ0v) is 15.3. The maximum atomic E-state index is 13.4. The maximum Gasteiger partial charge on any atom is 0.245 e. The Hall–Kier alpha value is -1.92. The highest BCUT2D eigenvalue weighted by molar-refractivity contribution is 6.30. The van der Waals surface area contributed by atoms with E-state index in [9.17, 15) is 14.0 Å². The molecule has 0 aromatic heterocycles. The largest absolute Gasteiger partial charge is 0.370 e. The molecule has 2 saturated heterocycles. The van der Waals surface area contributed by atoms with Gasteiger partial charge in [0, 0.05) is 25.6 Å². The van der Waals surface area contributed by atoms with Gasteiger partial charge in [0.15, 0.2) is 0 Å². The summed E-state index contributed by atoms with van der Waals surface area (Å²) in [6.07, 6.45) is 2.31. The summed E-state index contributed by atoms with van der Waals surface area (Å²) in [7, 11) is 0. The van der Waals surface area contributed by atoms with E-state index in [1.807, 2.05) is 0 Å². The minimum atomic E-state index is -0.472. The van der Waals surface area contributed by atoms with Gasteiger partial charge >= 0.3 is 0 Å². The predicted octanol–water partition coefficient (Wildman–Crippen LogP) is 2.80. The fraction of sp³-hybridized carbons (Fsp3) is 0.474. The third-order valence-corrected chi connectivity index (χ3v) is 5.31. The summed E-state index contributed by atoms with van der Waals surface area (Å²) in [5, 5.41) is 0.0498. The van der Waals surface area contributed by atoms with E-state index in [-0.39, 0.29) is 28.9 Å². The van der Waals surface area contributed by atoms with Crippen molar-refractivity contribution in [3.63, 3.8) is 0 Å². The first-order valence-electron chi connectivity index (χ1n) is 8.76. The number of nitrogens with zero attached hydrogens (tertiary/aromatic N) is 2. The number of likely N-dealkylation sites (tertiary alicyclic amines) is 1. The van der Waals surface area contributed by atoms with Gasteiger partial charge < -0.3 is 14.5 Å². The van der Waals surface area contributed by atoms with Crippen molar-refractivity contribution in [1.29, 1.82) is 0 Å². The molecule has 1 aromatic carbocycles. The molecule has 0 aliphatic carbocycles. The first kappa shape index (κ1) is 18.9. The van der Waals surface area contributed by atoms with E-state index in [1.165, 1.54) is 12.1 Å². The van der Waals surface area contributed by atoms with Gasteiger partial charge in [0.1, 0.15) is 11.9 Å². The molecule has 1 atom stereocenters. The number of ether oxygens (including phenoxy) is 1. The van der Waals surface area contributed by atoms with Crippen LogP contribution in [0.25, 0.3) is 0 Å². The van der Waals surface area contributed by atoms with Gasteiger partial charge in [-0.1, -0.05) is 24.2 Å². The highest BCUT2D eigenvalue weighted by Gasteiger charge is 2.33. The van der Waals surface area contributed by atoms with Crippen molar-refractivity contribution in [2.75, 3.05) is 32.8 Å². The Morgan fingerprint density at radius 3 is 2.62 bits per heavy atom. The van der Waals surface area contributed by atoms with Crippen molar-refractivity contribution < 1.29 is 18.7 Å². The second-order valence-corrected chi connectivity index (χ2v) is 7.03. The number of halogens is 2. The van der Waals surface area contributed by atoms with Crippen molar-refractivity contribution in [2.45, 2.75) is 18.9 Å². The molecule has 0 spiro atoms. The number of amides is 2. The molecule has 2 heterocycles. The number of rotatable bonds is 3. The van der Waals surface area contributed by atoms with Crippen LogP contribution in [0.4, 0.5) is 4.39 Å². The Kier molecular flexibility index (Phi) is 5.94. The smallest absolute Gasteiger partial charge is 0.245 e. The Labute approximate surface area is 157 Å². The van der Waals surface area contributed by atoms with Crippen molar-refractivity contribution in [1.82, 2.24) is 9.80 Å². The Morgan fingerprint density at radius 2 is 1.96 bits per heavy atom. The zero-order valence-electron chi connectivity index (χ0n) is 14.5. The molecule has 2 fully saturated rings. The number of carbonyl (C=O) groups is 2. The average molecular weight is 381 g/mol. The number of carbonyl (C=O) groups excluding carboxylic acids is 2. The standard InChI is InChI=1S/C19H22ClFN2O3/c1-2-18(24)22-7-5-13(6-8-22)19(25)23-9-10-26-17(12-23)14-3-4-16(21)15(20)11-14/h2-4,11,13,17H,1,5-10,12H2. The summed E-state index contributed by atoms with van der Waals surface area (Å²) < 4.78 is 19.1. The number of benzene rings is 1. The van der Waals surface area contributed by atoms with E-state index in [0.717, 1.165) is 5.56 Å². The third kappa shape index (κ3) is 4.07. The van der Waals surface area contributed by atoms with Gasteiger partial charge in [0.2, 0.25) is 11.8 Å². The zero-order chi connectivity index (χ0) is 18.7. The van der Waals surface area contributed by atoms with Crippen LogP contribution >= 0.6 is 11.6 Å². The second-order valence-electron chi connectivity index (χ2n) is 6.62. The van der Waals surface area contributed by atoms with Gasteiger partial charge in [-0.05, 0) is 36.6 Å². The molecule has 0 saturated carbocycles. The van der Waals surface area contributed by atoms with E-state index in [4.69, 9.17) is 16.3 Å². The fourth-order valence-corrected chi connectivity index (χ4v) is 3.69. The second kappa shape index (κ2) is 8.18. The Bertz CT molecular complexity index is 704. The van der Waals surface area contributed by atoms with Gasteiger partial charge in [-0.2, -0.15) is 0 Å². The molecular weight excluding hydrogens is 359 g/mol. The molecule has 1 aromatic rings. The molecule has 2 aliphatic heterocycles. The number of morpholine rings is 1. The van der Waals surface area contributed by atoms with Gasteiger partial charge in [0.25, 0.3) is 0 Å². The van der Waals surface area contributed by atoms with Gasteiger partial charge in [0.05, 0.1) is 18.2 Å². The van der Waals surface area contributed by atoms with Crippen LogP contribution in [-0.4, -0.2) is 54.4 Å². The van der Waals surface area contributed by atoms with E-state index in [0.29, 0.717) is 45.6 Å². The molecule has 5 nitrogen and oxygen atoms in total. The summed E-state index contributed by atoms with van der Waals surface area (Å²) in [5.41, 5.74) is 0.764. The van der Waals surface area contributed by atoms with Crippen LogP contribution in [-0.2, 0) is 14.3 Å². The van der Waals surface area contributed by atoms with Gasteiger partial charge in [-0.25, -0.2) is 4.39 Å². The molecule has 3 rings (SSSR count). The van der Waals surface area contributed by atoms with Crippen molar-refractivity contribution in [3.05, 3.63) is 47.3 Å². The fourth-order valence-electron chi connectivity index (χ4n) is 3.50. The first-order valence-corrected chi connectivity index (χ1v) is 9.14. The Balaban J connectivity index is 1.60. The van der Waals surface area contributed by atoms with E-state index < -0.39 is 5.82 Å². The molecule has 0 bridgehead atoms. The number of hydrogen-bond donors (Lipinski definition) is 0. The lowest BCUT2D eigenvalue weighted by Gasteiger charge is -2.37. The van der Waals surface area contributed by atoms with Crippen molar-refractivity contribution in [2.24, 2.45) is 5.92 Å². The molecule has 26 heavy (non-hydrogen) atoms. The Morgan fingerprint density at radius 1 is 1.23 bits per heavy atom. The van der Waals surface area contributed by atoms with E-state index in [1.54, 1.807) is 21.9 Å². The van der Waals surface area contributed by atoms with Crippen LogP contribution in [0.3, 0.4) is 0 Å². The molecule has 7 heteroatoms. The quantitative estimate of drug-likeness (QED) is 0.758. The molecule has 140 valence electrons. The minimum Gasteiger partial charge on any atom is -0.370 e. The molecule has 2 aliphatic rings. The minimum absolute atomic E-state index is 0.0498. The molecular formula is C19H22ClFN2O3. The van der Waals surface area contributed by atoms with E-state index in [2.05, 4.69) is 6.58 Å². The van der Waals surface area contributed by atoms with Crippen LogP contribution in [0, 0.1) is 11.7 Å². The summed E-state index contributed by atoms with van der Waals surface area (Å²) in [6, 6.07) is 4.50. The molecule has 2 amide bonds. The molecule has 1 unspecified atom stereocenters. The highest BCUT2D eigenvalue weighted by Crippen LogP contribution is 2.28. The third-order valence-electron chi connectivity index (χ3n) is 5.02. The lowest BCUT2D eigenvalue weighted by molar-refractivity contribution is -0.146. The topological polar surface area (TPSA) is 49.9 Å². The van der Waals surface area contributed by atoms with Crippen LogP contribution in [0.1, 0.15) is 24.5 Å². The van der Waals surface area contributed by atoms with Gasteiger partial charge in [-0.3, -0.25) is 9.59 Å².